The third-order valence-electron chi connectivity index (χ3n) is 1.37. The van der Waals surface area contributed by atoms with Crippen LogP contribution in [-0.4, -0.2) is 26.0 Å². The molecular formula is C7H9NO3S2. The van der Waals surface area contributed by atoms with Crippen molar-refractivity contribution in [3.63, 3.8) is 0 Å². The first kappa shape index (κ1) is 10.3. The van der Waals surface area contributed by atoms with Gasteiger partial charge in [0.15, 0.2) is 0 Å². The fourth-order valence-electron chi connectivity index (χ4n) is 0.738. The number of carboxylic acid groups (broad SMARTS) is 1. The zero-order valence-corrected chi connectivity index (χ0v) is 8.65. The molecule has 1 heterocycles. The fraction of sp³-hybridized carbons (Fsp3) is 0.429. The molecule has 0 aromatic carbocycles. The zero-order valence-electron chi connectivity index (χ0n) is 7.02. The van der Waals surface area contributed by atoms with E-state index >= 15 is 0 Å². The van der Waals surface area contributed by atoms with Crippen LogP contribution in [0, 0.1) is 0 Å². The maximum absolute atomic E-state index is 11.1. The molecule has 0 aliphatic carbocycles. The molecule has 0 saturated heterocycles. The number of rotatable bonds is 4. The lowest BCUT2D eigenvalue weighted by Crippen LogP contribution is -2.00. The largest absolute Gasteiger partial charge is 0.476 e. The summed E-state index contributed by atoms with van der Waals surface area (Å²) < 4.78 is 11.1. The van der Waals surface area contributed by atoms with Crippen LogP contribution in [0.5, 0.6) is 0 Å². The molecule has 0 aliphatic heterocycles. The van der Waals surface area contributed by atoms with E-state index in [2.05, 4.69) is 4.98 Å². The van der Waals surface area contributed by atoms with Crippen LogP contribution >= 0.6 is 11.3 Å². The Morgan fingerprint density at radius 2 is 2.46 bits per heavy atom. The highest BCUT2D eigenvalue weighted by Crippen LogP contribution is 2.11. The maximum atomic E-state index is 11.1. The highest BCUT2D eigenvalue weighted by atomic mass is 32.2. The van der Waals surface area contributed by atoms with Crippen molar-refractivity contribution >= 4 is 28.1 Å². The van der Waals surface area contributed by atoms with Gasteiger partial charge < -0.3 is 5.11 Å². The number of carbonyl (C=O) groups is 1. The van der Waals surface area contributed by atoms with Crippen molar-refractivity contribution in [3.05, 3.63) is 16.1 Å². The number of hydrogen-bond donors (Lipinski definition) is 1. The Balaban J connectivity index is 2.69. The Morgan fingerprint density at radius 1 is 1.77 bits per heavy atom. The van der Waals surface area contributed by atoms with E-state index in [0.717, 1.165) is 11.3 Å². The van der Waals surface area contributed by atoms with Gasteiger partial charge >= 0.3 is 5.97 Å². The van der Waals surface area contributed by atoms with E-state index in [-0.39, 0.29) is 5.01 Å². The minimum atomic E-state index is -1.03. The lowest BCUT2D eigenvalue weighted by molar-refractivity contribution is 0.0696. The molecule has 0 bridgehead atoms. The van der Waals surface area contributed by atoms with E-state index in [1.165, 1.54) is 0 Å². The van der Waals surface area contributed by atoms with Crippen LogP contribution in [-0.2, 0) is 16.6 Å². The summed E-state index contributed by atoms with van der Waals surface area (Å²) in [4.78, 5) is 14.3. The monoisotopic (exact) mass is 219 g/mol. The van der Waals surface area contributed by atoms with Gasteiger partial charge in [-0.25, -0.2) is 9.78 Å². The summed E-state index contributed by atoms with van der Waals surface area (Å²) in [6.45, 7) is 1.82. The Morgan fingerprint density at radius 3 is 2.92 bits per heavy atom. The first-order valence-corrected chi connectivity index (χ1v) is 6.03. The van der Waals surface area contributed by atoms with Crippen LogP contribution in [0.25, 0.3) is 0 Å². The Labute approximate surface area is 82.1 Å². The van der Waals surface area contributed by atoms with Gasteiger partial charge in [0.2, 0.25) is 5.01 Å². The van der Waals surface area contributed by atoms with Gasteiger partial charge in [-0.2, -0.15) is 0 Å². The summed E-state index contributed by atoms with van der Waals surface area (Å²) in [5, 5.41) is 10.3. The Hall–Kier alpha value is -0.750. The van der Waals surface area contributed by atoms with E-state index in [0.29, 0.717) is 17.2 Å². The molecule has 1 unspecified atom stereocenters. The fourth-order valence-corrected chi connectivity index (χ4v) is 2.18. The smallest absolute Gasteiger partial charge is 0.365 e. The standard InChI is InChI=1S/C7H9NO3S2/c1-2-13(11)4-5-3-12-6(8-5)7(9)10/h3H,2,4H2,1H3,(H,9,10). The Kier molecular flexibility index (Phi) is 3.56. The number of aromatic nitrogens is 1. The second-order valence-electron chi connectivity index (χ2n) is 2.32. The van der Waals surface area contributed by atoms with Gasteiger partial charge in [-0.1, -0.05) is 6.92 Å². The Bertz CT molecular complexity index is 334. The van der Waals surface area contributed by atoms with Crippen molar-refractivity contribution in [1.29, 1.82) is 0 Å². The molecule has 1 aromatic rings. The molecular weight excluding hydrogens is 210 g/mol. The molecule has 0 aliphatic rings. The van der Waals surface area contributed by atoms with Crippen molar-refractivity contribution in [1.82, 2.24) is 4.98 Å². The first-order chi connectivity index (χ1) is 6.13. The predicted molar refractivity (Wildman–Crippen MR) is 51.5 cm³/mol. The lowest BCUT2D eigenvalue weighted by Gasteiger charge is -1.92. The van der Waals surface area contributed by atoms with Gasteiger partial charge in [0.1, 0.15) is 0 Å². The van der Waals surface area contributed by atoms with Gasteiger partial charge in [0.05, 0.1) is 11.4 Å². The second kappa shape index (κ2) is 4.48. The maximum Gasteiger partial charge on any atom is 0.365 e. The van der Waals surface area contributed by atoms with Crippen LogP contribution in [0.2, 0.25) is 0 Å². The second-order valence-corrected chi connectivity index (χ2v) is 4.93. The number of thiazole rings is 1. The average molecular weight is 219 g/mol. The topological polar surface area (TPSA) is 67.3 Å². The highest BCUT2D eigenvalue weighted by molar-refractivity contribution is 7.84. The van der Waals surface area contributed by atoms with Gasteiger partial charge in [0.25, 0.3) is 0 Å². The quantitative estimate of drug-likeness (QED) is 0.823. The zero-order chi connectivity index (χ0) is 9.84. The molecule has 72 valence electrons. The summed E-state index contributed by atoms with van der Waals surface area (Å²) in [5.41, 5.74) is 0.600. The third kappa shape index (κ3) is 2.89. The van der Waals surface area contributed by atoms with Crippen LogP contribution < -0.4 is 0 Å². The third-order valence-corrected chi connectivity index (χ3v) is 3.51. The minimum absolute atomic E-state index is 0.0584. The van der Waals surface area contributed by atoms with Crippen LogP contribution in [0.15, 0.2) is 5.38 Å². The molecule has 0 amide bonds. The number of nitrogens with zero attached hydrogens (tertiary/aromatic N) is 1. The lowest BCUT2D eigenvalue weighted by atomic mass is 10.6. The molecule has 0 fully saturated rings. The molecule has 1 rings (SSSR count). The molecule has 0 radical (unpaired) electrons. The first-order valence-electron chi connectivity index (χ1n) is 3.66. The summed E-state index contributed by atoms with van der Waals surface area (Å²) in [7, 11) is -0.927. The summed E-state index contributed by atoms with van der Waals surface area (Å²) in [6.07, 6.45) is 0. The highest BCUT2D eigenvalue weighted by Gasteiger charge is 2.09. The van der Waals surface area contributed by atoms with Gasteiger partial charge in [-0.05, 0) is 0 Å². The molecule has 0 saturated carbocycles. The molecule has 1 N–H and O–H groups in total. The SMILES string of the molecule is CCS(=O)Cc1csc(C(=O)O)n1. The van der Waals surface area contributed by atoms with Crippen LogP contribution in [0.3, 0.4) is 0 Å². The number of aromatic carboxylic acids is 1. The minimum Gasteiger partial charge on any atom is -0.476 e. The molecule has 1 atom stereocenters. The van der Waals surface area contributed by atoms with Crippen LogP contribution in [0.1, 0.15) is 22.4 Å². The normalized spacial score (nSPS) is 12.7. The van der Waals surface area contributed by atoms with Crippen molar-refractivity contribution in [3.8, 4) is 0 Å². The molecule has 6 heteroatoms. The molecule has 4 nitrogen and oxygen atoms in total. The summed E-state index contributed by atoms with van der Waals surface area (Å²) >= 11 is 1.07. The molecule has 13 heavy (non-hydrogen) atoms. The summed E-state index contributed by atoms with van der Waals surface area (Å²) in [6, 6.07) is 0. The number of hydrogen-bond acceptors (Lipinski definition) is 4. The van der Waals surface area contributed by atoms with Gasteiger partial charge in [0, 0.05) is 21.9 Å². The van der Waals surface area contributed by atoms with Crippen molar-refractivity contribution < 1.29 is 14.1 Å². The average Bonchev–Trinajstić information content (AvgIpc) is 2.52. The molecule has 0 spiro atoms. The predicted octanol–water partition coefficient (Wildman–Crippen LogP) is 1.11. The van der Waals surface area contributed by atoms with Crippen molar-refractivity contribution in [2.45, 2.75) is 12.7 Å². The number of carboxylic acids is 1. The van der Waals surface area contributed by atoms with E-state index < -0.39 is 16.8 Å². The van der Waals surface area contributed by atoms with E-state index in [4.69, 9.17) is 5.11 Å². The van der Waals surface area contributed by atoms with E-state index in [9.17, 15) is 9.00 Å². The van der Waals surface area contributed by atoms with E-state index in [1.807, 2.05) is 6.92 Å². The van der Waals surface area contributed by atoms with Gasteiger partial charge in [-0.3, -0.25) is 4.21 Å². The van der Waals surface area contributed by atoms with E-state index in [1.54, 1.807) is 5.38 Å². The van der Waals surface area contributed by atoms with Crippen molar-refractivity contribution in [2.75, 3.05) is 5.75 Å². The molecule has 1 aromatic heterocycles. The van der Waals surface area contributed by atoms with Gasteiger partial charge in [-0.15, -0.1) is 11.3 Å². The summed E-state index contributed by atoms with van der Waals surface area (Å²) in [5.74, 6) is -0.112. The van der Waals surface area contributed by atoms with Crippen LogP contribution in [0.4, 0.5) is 0 Å². The van der Waals surface area contributed by atoms with Crippen molar-refractivity contribution in [2.24, 2.45) is 0 Å².